The van der Waals surface area contributed by atoms with Gasteiger partial charge in [0, 0.05) is 19.1 Å². The largest absolute Gasteiger partial charge is 0.479 e. The molecule has 4 rings (SSSR count). The number of aliphatic carboxylic acids is 1. The molecule has 2 aromatic rings. The second kappa shape index (κ2) is 10.2. The monoisotopic (exact) mass is 467 g/mol. The number of fused-ring (bicyclic) bond motifs is 3. The molecule has 0 bridgehead atoms. The van der Waals surface area contributed by atoms with Crippen molar-refractivity contribution >= 4 is 18.0 Å². The van der Waals surface area contributed by atoms with Crippen molar-refractivity contribution in [1.82, 2.24) is 15.5 Å². The molecule has 180 valence electrons. The summed E-state index contributed by atoms with van der Waals surface area (Å²) in [5.41, 5.74) is 4.45. The zero-order chi connectivity index (χ0) is 24.2. The predicted molar refractivity (Wildman–Crippen MR) is 124 cm³/mol. The van der Waals surface area contributed by atoms with Gasteiger partial charge < -0.3 is 30.1 Å². The second-order valence-corrected chi connectivity index (χ2v) is 8.82. The van der Waals surface area contributed by atoms with Crippen molar-refractivity contribution in [2.75, 3.05) is 33.9 Å². The molecular weight excluding hydrogens is 438 g/mol. The van der Waals surface area contributed by atoms with E-state index in [1.165, 1.54) is 0 Å². The van der Waals surface area contributed by atoms with Crippen LogP contribution in [0.5, 0.6) is 0 Å². The van der Waals surface area contributed by atoms with Crippen LogP contribution in [-0.2, 0) is 19.1 Å². The Labute approximate surface area is 198 Å². The van der Waals surface area contributed by atoms with E-state index >= 15 is 0 Å². The lowest BCUT2D eigenvalue weighted by Crippen LogP contribution is -2.55. The number of benzene rings is 2. The first-order chi connectivity index (χ1) is 16.3. The van der Waals surface area contributed by atoms with Crippen molar-refractivity contribution in [2.45, 2.75) is 30.5 Å². The van der Waals surface area contributed by atoms with Gasteiger partial charge in [-0.3, -0.25) is 4.79 Å². The van der Waals surface area contributed by atoms with Gasteiger partial charge in [0.1, 0.15) is 12.6 Å². The minimum absolute atomic E-state index is 0.0914. The molecule has 3 unspecified atom stereocenters. The number of alkyl carbamates (subject to hydrolysis) is 1. The predicted octanol–water partition coefficient (Wildman–Crippen LogP) is 1.81. The highest BCUT2D eigenvalue weighted by Gasteiger charge is 2.37. The van der Waals surface area contributed by atoms with Gasteiger partial charge in [-0.05, 0) is 42.8 Å². The van der Waals surface area contributed by atoms with Crippen molar-refractivity contribution < 1.29 is 29.0 Å². The van der Waals surface area contributed by atoms with Gasteiger partial charge in [-0.2, -0.15) is 0 Å². The summed E-state index contributed by atoms with van der Waals surface area (Å²) in [6.45, 7) is 0.606. The lowest BCUT2D eigenvalue weighted by atomic mass is 9.98. The van der Waals surface area contributed by atoms with Crippen LogP contribution in [0.1, 0.15) is 23.5 Å². The molecule has 9 nitrogen and oxygen atoms in total. The maximum atomic E-state index is 12.9. The highest BCUT2D eigenvalue weighted by atomic mass is 16.5. The maximum Gasteiger partial charge on any atom is 0.407 e. The third-order valence-corrected chi connectivity index (χ3v) is 6.16. The fourth-order valence-electron chi connectivity index (χ4n) is 4.61. The first-order valence-electron chi connectivity index (χ1n) is 11.3. The van der Waals surface area contributed by atoms with Crippen LogP contribution in [0.2, 0.25) is 0 Å². The van der Waals surface area contributed by atoms with Gasteiger partial charge in [0.2, 0.25) is 5.91 Å². The van der Waals surface area contributed by atoms with Crippen molar-refractivity contribution in [3.8, 4) is 11.1 Å². The van der Waals surface area contributed by atoms with Crippen LogP contribution < -0.4 is 10.6 Å². The number of carbonyl (C=O) groups excluding carboxylic acids is 2. The molecule has 0 spiro atoms. The summed E-state index contributed by atoms with van der Waals surface area (Å²) in [6.07, 6.45) is -1.41. The quantitative estimate of drug-likeness (QED) is 0.542. The van der Waals surface area contributed by atoms with E-state index in [0.717, 1.165) is 22.3 Å². The Balaban J connectivity index is 1.40. The molecule has 0 aromatic heterocycles. The molecule has 0 saturated carbocycles. The van der Waals surface area contributed by atoms with Crippen LogP contribution in [0.25, 0.3) is 11.1 Å². The Morgan fingerprint density at radius 3 is 2.29 bits per heavy atom. The standard InChI is InChI=1S/C25H29N3O6/c1-28(2)13-21(23(29)26-20-11-12-33-22(20)24(30)31)27-25(32)34-14-19-17-9-5-3-7-15(17)16-8-4-6-10-18(16)19/h3-10,19-22H,11-14H2,1-2H3,(H,26,29)(H,27,32)(H,30,31). The molecule has 3 atom stereocenters. The number of carbonyl (C=O) groups is 3. The summed E-state index contributed by atoms with van der Waals surface area (Å²) in [6, 6.07) is 14.5. The summed E-state index contributed by atoms with van der Waals surface area (Å²) in [4.78, 5) is 38.6. The van der Waals surface area contributed by atoms with E-state index in [-0.39, 0.29) is 25.7 Å². The molecule has 2 amide bonds. The molecule has 1 fully saturated rings. The van der Waals surface area contributed by atoms with E-state index in [4.69, 9.17) is 9.47 Å². The molecule has 1 aliphatic carbocycles. The second-order valence-electron chi connectivity index (χ2n) is 8.82. The normalized spacial score (nSPS) is 19.9. The summed E-state index contributed by atoms with van der Waals surface area (Å²) in [5.74, 6) is -1.70. The first-order valence-corrected chi connectivity index (χ1v) is 11.3. The smallest absolute Gasteiger partial charge is 0.407 e. The molecule has 2 aliphatic rings. The van der Waals surface area contributed by atoms with Crippen LogP contribution in [0.4, 0.5) is 4.79 Å². The minimum atomic E-state index is -1.13. The Bertz CT molecular complexity index is 1030. The minimum Gasteiger partial charge on any atom is -0.479 e. The molecule has 1 aliphatic heterocycles. The van der Waals surface area contributed by atoms with Gasteiger partial charge in [-0.1, -0.05) is 48.5 Å². The average molecular weight is 468 g/mol. The molecule has 3 N–H and O–H groups in total. The number of nitrogens with one attached hydrogen (secondary N) is 2. The number of ether oxygens (including phenoxy) is 2. The van der Waals surface area contributed by atoms with Gasteiger partial charge in [0.25, 0.3) is 0 Å². The van der Waals surface area contributed by atoms with E-state index in [1.807, 2.05) is 36.4 Å². The SMILES string of the molecule is CN(C)CC(NC(=O)OCC1c2ccccc2-c2ccccc21)C(=O)NC1CCOC1C(=O)O. The van der Waals surface area contributed by atoms with E-state index in [0.29, 0.717) is 6.42 Å². The van der Waals surface area contributed by atoms with Crippen molar-refractivity contribution in [1.29, 1.82) is 0 Å². The summed E-state index contributed by atoms with van der Waals surface area (Å²) in [7, 11) is 3.55. The van der Waals surface area contributed by atoms with Gasteiger partial charge in [-0.25, -0.2) is 9.59 Å². The molecule has 0 radical (unpaired) electrons. The molecule has 34 heavy (non-hydrogen) atoms. The highest BCUT2D eigenvalue weighted by molar-refractivity contribution is 5.87. The van der Waals surface area contributed by atoms with Crippen LogP contribution in [0, 0.1) is 0 Å². The van der Waals surface area contributed by atoms with E-state index in [9.17, 15) is 19.5 Å². The van der Waals surface area contributed by atoms with Gasteiger partial charge >= 0.3 is 12.1 Å². The first kappa shape index (κ1) is 23.7. The van der Waals surface area contributed by atoms with Crippen LogP contribution >= 0.6 is 0 Å². The summed E-state index contributed by atoms with van der Waals surface area (Å²) >= 11 is 0. The number of amides is 2. The van der Waals surface area contributed by atoms with Crippen LogP contribution in [0.15, 0.2) is 48.5 Å². The molecule has 1 saturated heterocycles. The summed E-state index contributed by atoms with van der Waals surface area (Å²) < 4.78 is 10.7. The van der Waals surface area contributed by atoms with E-state index < -0.39 is 36.2 Å². The lowest BCUT2D eigenvalue weighted by molar-refractivity contribution is -0.148. The average Bonchev–Trinajstić information content (AvgIpc) is 3.39. The molecular formula is C25H29N3O6. The Morgan fingerprint density at radius 1 is 1.09 bits per heavy atom. The molecule has 1 heterocycles. The van der Waals surface area contributed by atoms with E-state index in [2.05, 4.69) is 22.8 Å². The Kier molecular flexibility index (Phi) is 7.14. The number of likely N-dealkylation sites (N-methyl/N-ethyl adjacent to an activating group) is 1. The number of hydrogen-bond acceptors (Lipinski definition) is 6. The Hall–Kier alpha value is -3.43. The summed E-state index contributed by atoms with van der Waals surface area (Å²) in [5, 5.41) is 14.6. The Morgan fingerprint density at radius 2 is 1.71 bits per heavy atom. The number of carboxylic acids is 1. The highest BCUT2D eigenvalue weighted by Crippen LogP contribution is 2.44. The van der Waals surface area contributed by atoms with Crippen LogP contribution in [-0.4, -0.2) is 80.0 Å². The fraction of sp³-hybridized carbons (Fsp3) is 0.400. The number of rotatable bonds is 8. The number of carboxylic acid groups (broad SMARTS) is 1. The zero-order valence-electron chi connectivity index (χ0n) is 19.2. The van der Waals surface area contributed by atoms with Crippen molar-refractivity contribution in [3.63, 3.8) is 0 Å². The lowest BCUT2D eigenvalue weighted by Gasteiger charge is -2.24. The van der Waals surface area contributed by atoms with Gasteiger partial charge in [0.05, 0.1) is 6.04 Å². The van der Waals surface area contributed by atoms with Gasteiger partial charge in [-0.15, -0.1) is 0 Å². The molecule has 2 aromatic carbocycles. The topological polar surface area (TPSA) is 117 Å². The fourth-order valence-corrected chi connectivity index (χ4v) is 4.61. The van der Waals surface area contributed by atoms with E-state index in [1.54, 1.807) is 19.0 Å². The van der Waals surface area contributed by atoms with Gasteiger partial charge in [0.15, 0.2) is 6.10 Å². The van der Waals surface area contributed by atoms with Crippen LogP contribution in [0.3, 0.4) is 0 Å². The number of hydrogen-bond donors (Lipinski definition) is 3. The molecule has 9 heteroatoms. The zero-order valence-corrected chi connectivity index (χ0v) is 19.2. The van der Waals surface area contributed by atoms with Crippen molar-refractivity contribution in [3.05, 3.63) is 59.7 Å². The third kappa shape index (κ3) is 5.05. The number of nitrogens with zero attached hydrogens (tertiary/aromatic N) is 1. The third-order valence-electron chi connectivity index (χ3n) is 6.16. The maximum absolute atomic E-state index is 12.9. The van der Waals surface area contributed by atoms with Crippen molar-refractivity contribution in [2.24, 2.45) is 0 Å².